The van der Waals surface area contributed by atoms with Crippen LogP contribution in [0, 0.1) is 5.92 Å². The molecule has 1 saturated carbocycles. The minimum atomic E-state index is 0.635. The predicted octanol–water partition coefficient (Wildman–Crippen LogP) is 9.47. The molecule has 188 valence electrons. The maximum atomic E-state index is 4.84. The highest BCUT2D eigenvalue weighted by Crippen LogP contribution is 2.37. The molecule has 0 radical (unpaired) electrons. The Hall–Kier alpha value is -1.77. The van der Waals surface area contributed by atoms with Crippen molar-refractivity contribution in [2.75, 3.05) is 0 Å². The Bertz CT molecular complexity index is 760. The lowest BCUT2D eigenvalue weighted by Crippen LogP contribution is -2.14. The molecule has 2 aromatic rings. The normalized spacial score (nSPS) is 18.3. The van der Waals surface area contributed by atoms with E-state index in [0.717, 1.165) is 23.7 Å². The molecule has 0 aliphatic heterocycles. The molecule has 0 atom stereocenters. The summed E-state index contributed by atoms with van der Waals surface area (Å²) in [6.45, 7) is 4.56. The first-order chi connectivity index (χ1) is 16.8. The van der Waals surface area contributed by atoms with Crippen molar-refractivity contribution in [1.82, 2.24) is 15.0 Å². The van der Waals surface area contributed by atoms with Crippen LogP contribution in [0.3, 0.4) is 0 Å². The van der Waals surface area contributed by atoms with E-state index in [2.05, 4.69) is 35.9 Å². The fourth-order valence-corrected chi connectivity index (χ4v) is 5.48. The molecule has 0 unspecified atom stereocenters. The molecule has 0 amide bonds. The van der Waals surface area contributed by atoms with Crippen LogP contribution >= 0.6 is 0 Å². The van der Waals surface area contributed by atoms with Crippen molar-refractivity contribution in [2.45, 2.75) is 135 Å². The molecule has 0 spiro atoms. The Morgan fingerprint density at radius 2 is 1.26 bits per heavy atom. The highest BCUT2D eigenvalue weighted by Gasteiger charge is 2.23. The van der Waals surface area contributed by atoms with Gasteiger partial charge in [0.15, 0.2) is 5.82 Å². The molecule has 2 aromatic heterocycles. The standard InChI is InChI=1S/C31H49N3/c1-3-5-7-9-11-13-15-26-17-19-28(20-18-26)30-22-21-29(25-32-30)31-33-23-27(24-34-31)16-14-12-10-8-6-4-2/h21-26,28H,3-20H2,1-2H3. The number of rotatable bonds is 16. The second-order valence-electron chi connectivity index (χ2n) is 10.7. The fourth-order valence-electron chi connectivity index (χ4n) is 5.48. The molecular weight excluding hydrogens is 414 g/mol. The number of aromatic nitrogens is 3. The second kappa shape index (κ2) is 16.0. The number of unbranched alkanes of at least 4 members (excludes halogenated alkanes) is 10. The third-order valence-corrected chi connectivity index (χ3v) is 7.80. The van der Waals surface area contributed by atoms with E-state index in [0.29, 0.717) is 5.92 Å². The molecule has 3 heteroatoms. The summed E-state index contributed by atoms with van der Waals surface area (Å²) in [4.78, 5) is 14.1. The molecule has 34 heavy (non-hydrogen) atoms. The fraction of sp³-hybridized carbons (Fsp3) is 0.710. The zero-order valence-corrected chi connectivity index (χ0v) is 22.1. The van der Waals surface area contributed by atoms with E-state index in [1.54, 1.807) is 0 Å². The van der Waals surface area contributed by atoms with Gasteiger partial charge in [0.1, 0.15) is 0 Å². The summed E-state index contributed by atoms with van der Waals surface area (Å²) in [6.07, 6.45) is 30.3. The van der Waals surface area contributed by atoms with Gasteiger partial charge in [-0.2, -0.15) is 0 Å². The van der Waals surface area contributed by atoms with Crippen molar-refractivity contribution in [2.24, 2.45) is 5.92 Å². The van der Waals surface area contributed by atoms with E-state index in [9.17, 15) is 0 Å². The molecule has 1 aliphatic carbocycles. The maximum absolute atomic E-state index is 4.84. The average molecular weight is 464 g/mol. The number of pyridine rings is 1. The number of hydrogen-bond donors (Lipinski definition) is 0. The third kappa shape index (κ3) is 9.47. The lowest BCUT2D eigenvalue weighted by molar-refractivity contribution is 0.299. The molecule has 0 saturated heterocycles. The van der Waals surface area contributed by atoms with Gasteiger partial charge in [-0.25, -0.2) is 9.97 Å². The van der Waals surface area contributed by atoms with E-state index in [1.807, 2.05) is 18.6 Å². The van der Waals surface area contributed by atoms with E-state index in [1.165, 1.54) is 120 Å². The first kappa shape index (κ1) is 26.8. The van der Waals surface area contributed by atoms with Crippen molar-refractivity contribution in [1.29, 1.82) is 0 Å². The van der Waals surface area contributed by atoms with Crippen LogP contribution in [-0.4, -0.2) is 15.0 Å². The van der Waals surface area contributed by atoms with Crippen LogP contribution in [0.15, 0.2) is 30.7 Å². The van der Waals surface area contributed by atoms with E-state index < -0.39 is 0 Å². The van der Waals surface area contributed by atoms with E-state index in [4.69, 9.17) is 4.98 Å². The summed E-state index contributed by atoms with van der Waals surface area (Å²) < 4.78 is 0. The van der Waals surface area contributed by atoms with Gasteiger partial charge in [0.05, 0.1) is 0 Å². The van der Waals surface area contributed by atoms with Crippen LogP contribution in [0.4, 0.5) is 0 Å². The first-order valence-electron chi connectivity index (χ1n) is 14.6. The van der Waals surface area contributed by atoms with Gasteiger partial charge in [-0.1, -0.05) is 90.9 Å². The largest absolute Gasteiger partial charge is 0.260 e. The molecule has 0 bridgehead atoms. The minimum absolute atomic E-state index is 0.635. The second-order valence-corrected chi connectivity index (χ2v) is 10.7. The third-order valence-electron chi connectivity index (χ3n) is 7.80. The Kier molecular flexibility index (Phi) is 12.6. The summed E-state index contributed by atoms with van der Waals surface area (Å²) in [5.41, 5.74) is 3.55. The van der Waals surface area contributed by atoms with Gasteiger partial charge < -0.3 is 0 Å². The Labute approximate surface area is 209 Å². The van der Waals surface area contributed by atoms with Crippen LogP contribution in [0.2, 0.25) is 0 Å². The predicted molar refractivity (Wildman–Crippen MR) is 145 cm³/mol. The van der Waals surface area contributed by atoms with Crippen molar-refractivity contribution >= 4 is 0 Å². The van der Waals surface area contributed by atoms with Crippen molar-refractivity contribution < 1.29 is 0 Å². The maximum Gasteiger partial charge on any atom is 0.160 e. The smallest absolute Gasteiger partial charge is 0.160 e. The SMILES string of the molecule is CCCCCCCCc1cnc(-c2ccc(C3CCC(CCCCCCCC)CC3)nc2)nc1. The van der Waals surface area contributed by atoms with Gasteiger partial charge in [0.25, 0.3) is 0 Å². The van der Waals surface area contributed by atoms with Gasteiger partial charge >= 0.3 is 0 Å². The van der Waals surface area contributed by atoms with E-state index in [-0.39, 0.29) is 0 Å². The highest BCUT2D eigenvalue weighted by atomic mass is 14.9. The Balaban J connectivity index is 1.37. The summed E-state index contributed by atoms with van der Waals surface area (Å²) in [6, 6.07) is 4.40. The zero-order chi connectivity index (χ0) is 23.8. The summed E-state index contributed by atoms with van der Waals surface area (Å²) in [5.74, 6) is 2.38. The number of aryl methyl sites for hydroxylation is 1. The lowest BCUT2D eigenvalue weighted by atomic mass is 9.78. The van der Waals surface area contributed by atoms with Gasteiger partial charge in [-0.3, -0.25) is 4.98 Å². The Morgan fingerprint density at radius 1 is 0.647 bits per heavy atom. The van der Waals surface area contributed by atoms with Crippen LogP contribution in [0.5, 0.6) is 0 Å². The topological polar surface area (TPSA) is 38.7 Å². The molecule has 1 fully saturated rings. The monoisotopic (exact) mass is 463 g/mol. The highest BCUT2D eigenvalue weighted by molar-refractivity contribution is 5.53. The summed E-state index contributed by atoms with van der Waals surface area (Å²) in [7, 11) is 0. The van der Waals surface area contributed by atoms with Crippen molar-refractivity contribution in [3.05, 3.63) is 42.0 Å². The van der Waals surface area contributed by atoms with Crippen LogP contribution in [0.25, 0.3) is 11.4 Å². The number of nitrogens with zero attached hydrogens (tertiary/aromatic N) is 3. The molecule has 1 aliphatic rings. The Morgan fingerprint density at radius 3 is 1.88 bits per heavy atom. The molecule has 3 rings (SSSR count). The van der Waals surface area contributed by atoms with Crippen LogP contribution in [0.1, 0.15) is 140 Å². The molecule has 0 N–H and O–H groups in total. The molecule has 0 aromatic carbocycles. The lowest BCUT2D eigenvalue weighted by Gasteiger charge is -2.28. The number of hydrogen-bond acceptors (Lipinski definition) is 3. The van der Waals surface area contributed by atoms with Crippen molar-refractivity contribution in [3.8, 4) is 11.4 Å². The summed E-state index contributed by atoms with van der Waals surface area (Å²) >= 11 is 0. The van der Waals surface area contributed by atoms with Gasteiger partial charge in [-0.15, -0.1) is 0 Å². The molecular formula is C31H49N3. The molecule has 2 heterocycles. The van der Waals surface area contributed by atoms with Gasteiger partial charge in [0, 0.05) is 35.8 Å². The quantitative estimate of drug-likeness (QED) is 0.233. The van der Waals surface area contributed by atoms with Crippen LogP contribution in [-0.2, 0) is 6.42 Å². The van der Waals surface area contributed by atoms with Gasteiger partial charge in [-0.05, 0) is 62.1 Å². The van der Waals surface area contributed by atoms with E-state index >= 15 is 0 Å². The van der Waals surface area contributed by atoms with Crippen LogP contribution < -0.4 is 0 Å². The minimum Gasteiger partial charge on any atom is -0.260 e. The van der Waals surface area contributed by atoms with Gasteiger partial charge in [0.2, 0.25) is 0 Å². The average Bonchev–Trinajstić information content (AvgIpc) is 2.89. The zero-order valence-electron chi connectivity index (χ0n) is 22.1. The first-order valence-corrected chi connectivity index (χ1v) is 14.6. The van der Waals surface area contributed by atoms with Crippen molar-refractivity contribution in [3.63, 3.8) is 0 Å². The molecule has 3 nitrogen and oxygen atoms in total. The summed E-state index contributed by atoms with van der Waals surface area (Å²) in [5, 5.41) is 0.